The number of urea groups is 1. The van der Waals surface area contributed by atoms with E-state index in [1.807, 2.05) is 6.92 Å². The first-order valence-corrected chi connectivity index (χ1v) is 8.34. The highest BCUT2D eigenvalue weighted by Crippen LogP contribution is 2.28. The normalized spacial score (nSPS) is 13.5. The molecule has 1 fully saturated rings. The number of aromatic nitrogens is 1. The number of nitrogens with zero attached hydrogens (tertiary/aromatic N) is 1. The third-order valence-corrected chi connectivity index (χ3v) is 4.09. The van der Waals surface area contributed by atoms with Crippen molar-refractivity contribution in [3.05, 3.63) is 22.5 Å². The SMILES string of the molecule is CCNC(=O)N(CC(=O)c1c(C)[nH]c(C(=O)OCC)c1C)C1CC1. The number of aryl methyl sites for hydroxylation is 1. The lowest BCUT2D eigenvalue weighted by molar-refractivity contribution is 0.0519. The first kappa shape index (κ1) is 18.0. The highest BCUT2D eigenvalue weighted by molar-refractivity contribution is 6.04. The van der Waals surface area contributed by atoms with E-state index in [0.29, 0.717) is 29.1 Å². The molecule has 0 radical (unpaired) electrons. The molecule has 7 heteroatoms. The van der Waals surface area contributed by atoms with Gasteiger partial charge in [0.2, 0.25) is 0 Å². The van der Waals surface area contributed by atoms with Crippen LogP contribution in [0.25, 0.3) is 0 Å². The molecule has 2 amide bonds. The summed E-state index contributed by atoms with van der Waals surface area (Å²) < 4.78 is 5.00. The highest BCUT2D eigenvalue weighted by atomic mass is 16.5. The van der Waals surface area contributed by atoms with Crippen molar-refractivity contribution < 1.29 is 19.1 Å². The van der Waals surface area contributed by atoms with Gasteiger partial charge in [0.15, 0.2) is 5.78 Å². The number of hydrogen-bond acceptors (Lipinski definition) is 4. The Morgan fingerprint density at radius 1 is 1.25 bits per heavy atom. The standard InChI is InChI=1S/C17H25N3O4/c1-5-18-17(23)20(12-7-8-12)9-13(21)14-10(3)15(19-11(14)4)16(22)24-6-2/h12,19H,5-9H2,1-4H3,(H,18,23). The summed E-state index contributed by atoms with van der Waals surface area (Å²) in [6.07, 6.45) is 1.84. The zero-order chi connectivity index (χ0) is 17.9. The maximum absolute atomic E-state index is 12.7. The summed E-state index contributed by atoms with van der Waals surface area (Å²) in [7, 11) is 0. The number of hydrogen-bond donors (Lipinski definition) is 2. The van der Waals surface area contributed by atoms with Crippen LogP contribution in [0.3, 0.4) is 0 Å². The molecule has 1 aromatic heterocycles. The van der Waals surface area contributed by atoms with Gasteiger partial charge in [-0.3, -0.25) is 4.79 Å². The molecule has 132 valence electrons. The van der Waals surface area contributed by atoms with Crippen LogP contribution in [0, 0.1) is 13.8 Å². The summed E-state index contributed by atoms with van der Waals surface area (Å²) in [5, 5.41) is 2.75. The van der Waals surface area contributed by atoms with Crippen LogP contribution in [-0.2, 0) is 4.74 Å². The van der Waals surface area contributed by atoms with Gasteiger partial charge in [0.05, 0.1) is 13.2 Å². The van der Waals surface area contributed by atoms with Crippen molar-refractivity contribution in [1.29, 1.82) is 0 Å². The van der Waals surface area contributed by atoms with Gasteiger partial charge >= 0.3 is 12.0 Å². The van der Waals surface area contributed by atoms with Gasteiger partial charge in [-0.1, -0.05) is 0 Å². The van der Waals surface area contributed by atoms with Crippen LogP contribution in [0.5, 0.6) is 0 Å². The molecular weight excluding hydrogens is 310 g/mol. The number of rotatable bonds is 7. The van der Waals surface area contributed by atoms with Gasteiger partial charge in [-0.25, -0.2) is 9.59 Å². The van der Waals surface area contributed by atoms with Gasteiger partial charge in [-0.2, -0.15) is 0 Å². The van der Waals surface area contributed by atoms with Gasteiger partial charge in [-0.15, -0.1) is 0 Å². The zero-order valence-corrected chi connectivity index (χ0v) is 14.7. The van der Waals surface area contributed by atoms with Crippen LogP contribution in [-0.4, -0.2) is 53.4 Å². The van der Waals surface area contributed by atoms with Crippen molar-refractivity contribution in [2.45, 2.75) is 46.6 Å². The van der Waals surface area contributed by atoms with Crippen molar-refractivity contribution in [3.63, 3.8) is 0 Å². The summed E-state index contributed by atoms with van der Waals surface area (Å²) in [6, 6.07) is -0.0885. The molecular formula is C17H25N3O4. The van der Waals surface area contributed by atoms with E-state index >= 15 is 0 Å². The average molecular weight is 335 g/mol. The van der Waals surface area contributed by atoms with E-state index in [-0.39, 0.29) is 31.0 Å². The smallest absolute Gasteiger partial charge is 0.355 e. The van der Waals surface area contributed by atoms with E-state index in [9.17, 15) is 14.4 Å². The van der Waals surface area contributed by atoms with Crippen LogP contribution in [0.1, 0.15) is 58.8 Å². The first-order chi connectivity index (χ1) is 11.4. The molecule has 0 aliphatic heterocycles. The molecule has 2 N–H and O–H groups in total. The van der Waals surface area contributed by atoms with Crippen molar-refractivity contribution in [2.75, 3.05) is 19.7 Å². The summed E-state index contributed by atoms with van der Waals surface area (Å²) in [4.78, 5) is 41.3. The van der Waals surface area contributed by atoms with Gasteiger partial charge in [0.1, 0.15) is 5.69 Å². The minimum atomic E-state index is -0.472. The lowest BCUT2D eigenvalue weighted by atomic mass is 10.1. The van der Waals surface area contributed by atoms with E-state index in [4.69, 9.17) is 4.74 Å². The molecule has 0 saturated heterocycles. The number of ether oxygens (including phenoxy) is 1. The number of amides is 2. The molecule has 1 aromatic rings. The fraction of sp³-hybridized carbons (Fsp3) is 0.588. The van der Waals surface area contributed by atoms with E-state index in [2.05, 4.69) is 10.3 Å². The summed E-state index contributed by atoms with van der Waals surface area (Å²) in [5.74, 6) is -0.644. The van der Waals surface area contributed by atoms with E-state index in [1.54, 1.807) is 25.7 Å². The number of aromatic amines is 1. The second-order valence-corrected chi connectivity index (χ2v) is 5.96. The van der Waals surface area contributed by atoms with Crippen LogP contribution in [0.15, 0.2) is 0 Å². The first-order valence-electron chi connectivity index (χ1n) is 8.34. The third kappa shape index (κ3) is 3.77. The van der Waals surface area contributed by atoms with E-state index in [1.165, 1.54) is 0 Å². The van der Waals surface area contributed by atoms with Crippen LogP contribution in [0.2, 0.25) is 0 Å². The molecule has 0 atom stereocenters. The molecule has 7 nitrogen and oxygen atoms in total. The number of carbonyl (C=O) groups excluding carboxylic acids is 3. The second-order valence-electron chi connectivity index (χ2n) is 5.96. The second kappa shape index (κ2) is 7.51. The van der Waals surface area contributed by atoms with Gasteiger partial charge in [0, 0.05) is 23.8 Å². The molecule has 0 aromatic carbocycles. The van der Waals surface area contributed by atoms with Crippen molar-refractivity contribution in [2.24, 2.45) is 0 Å². The maximum Gasteiger partial charge on any atom is 0.355 e. The quantitative estimate of drug-likeness (QED) is 0.590. The number of Topliss-reactive ketones (excluding diaryl/α,β-unsaturated/α-hetero) is 1. The Balaban J connectivity index is 2.19. The molecule has 0 unspecified atom stereocenters. The average Bonchev–Trinajstić information content (AvgIpc) is 3.30. The fourth-order valence-electron chi connectivity index (χ4n) is 2.82. The lowest BCUT2D eigenvalue weighted by Crippen LogP contribution is -2.44. The zero-order valence-electron chi connectivity index (χ0n) is 14.7. The summed E-state index contributed by atoms with van der Waals surface area (Å²) in [5.41, 5.74) is 1.96. The third-order valence-electron chi connectivity index (χ3n) is 4.09. The Hall–Kier alpha value is -2.31. The highest BCUT2D eigenvalue weighted by Gasteiger charge is 2.35. The molecule has 0 bridgehead atoms. The Labute approximate surface area is 141 Å². The van der Waals surface area contributed by atoms with Gasteiger partial charge in [-0.05, 0) is 46.1 Å². The molecule has 0 spiro atoms. The van der Waals surface area contributed by atoms with Crippen LogP contribution < -0.4 is 5.32 Å². The number of ketones is 1. The lowest BCUT2D eigenvalue weighted by Gasteiger charge is -2.22. The topological polar surface area (TPSA) is 91.5 Å². The Morgan fingerprint density at radius 3 is 2.46 bits per heavy atom. The Morgan fingerprint density at radius 2 is 1.92 bits per heavy atom. The number of carbonyl (C=O) groups is 3. The predicted octanol–water partition coefficient (Wildman–Crippen LogP) is 2.18. The maximum atomic E-state index is 12.7. The summed E-state index contributed by atoms with van der Waals surface area (Å²) >= 11 is 0. The number of H-pyrrole nitrogens is 1. The Kier molecular flexibility index (Phi) is 5.64. The van der Waals surface area contributed by atoms with Crippen molar-refractivity contribution >= 4 is 17.8 Å². The van der Waals surface area contributed by atoms with Gasteiger partial charge in [0.25, 0.3) is 0 Å². The van der Waals surface area contributed by atoms with Crippen molar-refractivity contribution in [3.8, 4) is 0 Å². The minimum Gasteiger partial charge on any atom is -0.461 e. The van der Waals surface area contributed by atoms with E-state index < -0.39 is 5.97 Å². The molecule has 1 aliphatic carbocycles. The van der Waals surface area contributed by atoms with E-state index in [0.717, 1.165) is 12.8 Å². The minimum absolute atomic E-state index is 0.0122. The molecule has 1 heterocycles. The number of nitrogens with one attached hydrogen (secondary N) is 2. The monoisotopic (exact) mass is 335 g/mol. The number of esters is 1. The molecule has 2 rings (SSSR count). The van der Waals surface area contributed by atoms with Crippen LogP contribution >= 0.6 is 0 Å². The Bertz CT molecular complexity index is 647. The molecule has 1 saturated carbocycles. The van der Waals surface area contributed by atoms with Crippen LogP contribution in [0.4, 0.5) is 4.79 Å². The summed E-state index contributed by atoms with van der Waals surface area (Å²) in [6.45, 7) is 7.84. The van der Waals surface area contributed by atoms with Crippen molar-refractivity contribution in [1.82, 2.24) is 15.2 Å². The van der Waals surface area contributed by atoms with Gasteiger partial charge < -0.3 is 19.9 Å². The largest absolute Gasteiger partial charge is 0.461 e. The molecule has 1 aliphatic rings. The fourth-order valence-corrected chi connectivity index (χ4v) is 2.82. The predicted molar refractivity (Wildman–Crippen MR) is 89.4 cm³/mol. The molecule has 24 heavy (non-hydrogen) atoms.